The summed E-state index contributed by atoms with van der Waals surface area (Å²) in [5, 5.41) is 11.5. The van der Waals surface area contributed by atoms with E-state index in [1.165, 1.54) is 16.7 Å². The summed E-state index contributed by atoms with van der Waals surface area (Å²) in [4.78, 5) is 4.81. The Balaban J connectivity index is 1.63. The van der Waals surface area contributed by atoms with Gasteiger partial charge in [0.05, 0.1) is 33.0 Å². The average molecular weight is 450 g/mol. The Hall–Kier alpha value is -3.48. The maximum Gasteiger partial charge on any atom is 0.191 e. The number of hydrogen-bond acceptors (Lipinski definition) is 4. The zero-order valence-electron chi connectivity index (χ0n) is 20.3. The molecule has 0 fully saturated rings. The van der Waals surface area contributed by atoms with Crippen molar-refractivity contribution in [3.63, 3.8) is 0 Å². The smallest absolute Gasteiger partial charge is 0.191 e. The van der Waals surface area contributed by atoms with Gasteiger partial charge in [-0.15, -0.1) is 0 Å². The second kappa shape index (κ2) is 11.9. The third-order valence-corrected chi connectivity index (χ3v) is 5.60. The predicted molar refractivity (Wildman–Crippen MR) is 133 cm³/mol. The van der Waals surface area contributed by atoms with Crippen molar-refractivity contribution in [2.24, 2.45) is 4.99 Å². The first kappa shape index (κ1) is 24.2. The van der Waals surface area contributed by atoms with E-state index in [1.54, 1.807) is 14.2 Å². The molecule has 3 rings (SSSR count). The third-order valence-electron chi connectivity index (χ3n) is 5.60. The van der Waals surface area contributed by atoms with E-state index in [-0.39, 0.29) is 0 Å². The Morgan fingerprint density at radius 3 is 2.42 bits per heavy atom. The summed E-state index contributed by atoms with van der Waals surface area (Å²) in [6.45, 7) is 9.14. The molecule has 0 saturated heterocycles. The Bertz CT molecular complexity index is 1060. The monoisotopic (exact) mass is 449 g/mol. The summed E-state index contributed by atoms with van der Waals surface area (Å²) >= 11 is 0. The SMILES string of the molecule is CCNC(=NCc1c(C)nn(Cc2ccccc2)c1C)NCCc1ccc(OC)c(OC)c1. The molecule has 0 aliphatic carbocycles. The zero-order chi connectivity index (χ0) is 23.6. The van der Waals surface area contributed by atoms with Crippen LogP contribution in [0, 0.1) is 13.8 Å². The highest BCUT2D eigenvalue weighted by molar-refractivity contribution is 5.79. The molecule has 0 aliphatic heterocycles. The lowest BCUT2D eigenvalue weighted by Crippen LogP contribution is -2.38. The Morgan fingerprint density at radius 1 is 0.970 bits per heavy atom. The van der Waals surface area contributed by atoms with Crippen molar-refractivity contribution in [3.05, 3.63) is 76.6 Å². The van der Waals surface area contributed by atoms with Crippen molar-refractivity contribution >= 4 is 5.96 Å². The number of guanidine groups is 1. The first-order chi connectivity index (χ1) is 16.0. The second-order valence-electron chi connectivity index (χ2n) is 7.85. The summed E-state index contributed by atoms with van der Waals surface area (Å²) < 4.78 is 12.8. The molecule has 2 aromatic carbocycles. The number of aryl methyl sites for hydroxylation is 1. The highest BCUT2D eigenvalue weighted by Crippen LogP contribution is 2.27. The maximum absolute atomic E-state index is 5.40. The predicted octanol–water partition coefficient (Wildman–Crippen LogP) is 3.86. The minimum absolute atomic E-state index is 0.581. The number of methoxy groups -OCH3 is 2. The number of rotatable bonds is 10. The van der Waals surface area contributed by atoms with Crippen molar-refractivity contribution in [2.45, 2.75) is 40.3 Å². The fraction of sp³-hybridized carbons (Fsp3) is 0.385. The standard InChI is InChI=1S/C26H35N5O2/c1-6-27-26(28-15-14-21-12-13-24(32-4)25(16-21)33-5)29-17-23-19(2)30-31(20(23)3)18-22-10-8-7-9-11-22/h7-13,16H,6,14-15,17-18H2,1-5H3,(H2,27,28,29). The van der Waals surface area contributed by atoms with Crippen LogP contribution in [0.15, 0.2) is 53.5 Å². The van der Waals surface area contributed by atoms with E-state index >= 15 is 0 Å². The Labute approximate surface area is 196 Å². The van der Waals surface area contributed by atoms with Crippen molar-refractivity contribution < 1.29 is 9.47 Å². The average Bonchev–Trinajstić information content (AvgIpc) is 3.10. The van der Waals surface area contributed by atoms with Crippen molar-refractivity contribution in [1.82, 2.24) is 20.4 Å². The van der Waals surface area contributed by atoms with Crippen LogP contribution >= 0.6 is 0 Å². The topological polar surface area (TPSA) is 72.7 Å². The molecule has 1 heterocycles. The van der Waals surface area contributed by atoms with E-state index in [9.17, 15) is 0 Å². The zero-order valence-corrected chi connectivity index (χ0v) is 20.3. The van der Waals surface area contributed by atoms with Gasteiger partial charge in [0.1, 0.15) is 0 Å². The van der Waals surface area contributed by atoms with Crippen LogP contribution in [0.1, 0.15) is 35.0 Å². The van der Waals surface area contributed by atoms with Gasteiger partial charge in [-0.3, -0.25) is 4.68 Å². The molecule has 0 radical (unpaired) electrons. The largest absolute Gasteiger partial charge is 0.493 e. The van der Waals surface area contributed by atoms with E-state index in [0.717, 1.165) is 54.9 Å². The number of ether oxygens (including phenoxy) is 2. The number of nitrogens with one attached hydrogen (secondary N) is 2. The van der Waals surface area contributed by atoms with E-state index in [4.69, 9.17) is 19.6 Å². The van der Waals surface area contributed by atoms with E-state index in [0.29, 0.717) is 6.54 Å². The third kappa shape index (κ3) is 6.51. The van der Waals surface area contributed by atoms with Gasteiger partial charge in [-0.05, 0) is 50.5 Å². The van der Waals surface area contributed by atoms with Gasteiger partial charge in [0, 0.05) is 24.3 Å². The van der Waals surface area contributed by atoms with Crippen LogP contribution in [0.25, 0.3) is 0 Å². The van der Waals surface area contributed by atoms with Gasteiger partial charge in [0.15, 0.2) is 17.5 Å². The van der Waals surface area contributed by atoms with Crippen LogP contribution in [0.3, 0.4) is 0 Å². The molecule has 7 heteroatoms. The number of nitrogens with zero attached hydrogens (tertiary/aromatic N) is 3. The molecule has 3 aromatic rings. The van der Waals surface area contributed by atoms with Gasteiger partial charge in [-0.1, -0.05) is 36.4 Å². The Kier molecular flexibility index (Phi) is 8.75. The highest BCUT2D eigenvalue weighted by Gasteiger charge is 2.12. The van der Waals surface area contributed by atoms with E-state index in [2.05, 4.69) is 66.4 Å². The summed E-state index contributed by atoms with van der Waals surface area (Å²) in [7, 11) is 3.30. The number of benzene rings is 2. The van der Waals surface area contributed by atoms with Crippen LogP contribution in [-0.4, -0.2) is 43.0 Å². The minimum Gasteiger partial charge on any atom is -0.493 e. The molecule has 33 heavy (non-hydrogen) atoms. The van der Waals surface area contributed by atoms with Crippen LogP contribution in [0.4, 0.5) is 0 Å². The van der Waals surface area contributed by atoms with E-state index in [1.807, 2.05) is 18.2 Å². The molecule has 0 atom stereocenters. The lowest BCUT2D eigenvalue weighted by molar-refractivity contribution is 0.354. The minimum atomic E-state index is 0.581. The van der Waals surface area contributed by atoms with Gasteiger partial charge in [-0.25, -0.2) is 4.99 Å². The summed E-state index contributed by atoms with van der Waals surface area (Å²) in [5.41, 5.74) is 5.76. The molecule has 0 spiro atoms. The fourth-order valence-electron chi connectivity index (χ4n) is 3.73. The first-order valence-corrected chi connectivity index (χ1v) is 11.4. The van der Waals surface area contributed by atoms with E-state index < -0.39 is 0 Å². The normalized spacial score (nSPS) is 11.4. The molecule has 176 valence electrons. The number of hydrogen-bond donors (Lipinski definition) is 2. The van der Waals surface area contributed by atoms with Crippen LogP contribution < -0.4 is 20.1 Å². The molecule has 0 saturated carbocycles. The van der Waals surface area contributed by atoms with Crippen molar-refractivity contribution in [2.75, 3.05) is 27.3 Å². The lowest BCUT2D eigenvalue weighted by Gasteiger charge is -2.13. The molecule has 1 aromatic heterocycles. The number of aliphatic imine (C=N–C) groups is 1. The van der Waals surface area contributed by atoms with Gasteiger partial charge < -0.3 is 20.1 Å². The molecule has 0 aliphatic rings. The molecular weight excluding hydrogens is 414 g/mol. The molecule has 7 nitrogen and oxygen atoms in total. The van der Waals surface area contributed by atoms with Gasteiger partial charge in [-0.2, -0.15) is 5.10 Å². The summed E-state index contributed by atoms with van der Waals surface area (Å²) in [6.07, 6.45) is 0.845. The second-order valence-corrected chi connectivity index (χ2v) is 7.85. The molecule has 2 N–H and O–H groups in total. The number of aromatic nitrogens is 2. The fourth-order valence-corrected chi connectivity index (χ4v) is 3.73. The first-order valence-electron chi connectivity index (χ1n) is 11.4. The highest BCUT2D eigenvalue weighted by atomic mass is 16.5. The van der Waals surface area contributed by atoms with Gasteiger partial charge in [0.2, 0.25) is 0 Å². The van der Waals surface area contributed by atoms with Crippen LogP contribution in [0.5, 0.6) is 11.5 Å². The quantitative estimate of drug-likeness (QED) is 0.363. The summed E-state index contributed by atoms with van der Waals surface area (Å²) in [6, 6.07) is 16.4. The van der Waals surface area contributed by atoms with Gasteiger partial charge >= 0.3 is 0 Å². The molecular formula is C26H35N5O2. The maximum atomic E-state index is 5.40. The Morgan fingerprint density at radius 2 is 1.73 bits per heavy atom. The van der Waals surface area contributed by atoms with Crippen LogP contribution in [-0.2, 0) is 19.5 Å². The lowest BCUT2D eigenvalue weighted by atomic mass is 10.1. The summed E-state index contributed by atoms with van der Waals surface area (Å²) in [5.74, 6) is 2.28. The molecule has 0 unspecified atom stereocenters. The molecule has 0 amide bonds. The van der Waals surface area contributed by atoms with Gasteiger partial charge in [0.25, 0.3) is 0 Å². The van der Waals surface area contributed by atoms with Crippen molar-refractivity contribution in [3.8, 4) is 11.5 Å². The molecule has 0 bridgehead atoms. The van der Waals surface area contributed by atoms with Crippen molar-refractivity contribution in [1.29, 1.82) is 0 Å². The van der Waals surface area contributed by atoms with Crippen LogP contribution in [0.2, 0.25) is 0 Å².